The van der Waals surface area contributed by atoms with Crippen molar-refractivity contribution in [1.82, 2.24) is 4.98 Å². The van der Waals surface area contributed by atoms with Crippen molar-refractivity contribution in [3.63, 3.8) is 0 Å². The summed E-state index contributed by atoms with van der Waals surface area (Å²) in [5, 5.41) is 4.06. The van der Waals surface area contributed by atoms with Crippen LogP contribution in [0, 0.1) is 0 Å². The third-order valence-corrected chi connectivity index (χ3v) is 3.99. The van der Waals surface area contributed by atoms with Gasteiger partial charge in [-0.1, -0.05) is 23.2 Å². The standard InChI is InChI=1S/C11H9BrCl2N4/c12-7-1-2-8(11(14)10(7)13)17-6-3-4-16-9(5-6)18-15/h1-5H,15H2,(H2,16,17,18). The van der Waals surface area contributed by atoms with Gasteiger partial charge in [-0.25, -0.2) is 10.8 Å². The molecule has 1 aromatic heterocycles. The van der Waals surface area contributed by atoms with Gasteiger partial charge in [0, 0.05) is 22.4 Å². The number of nitrogens with two attached hydrogens (primary N) is 1. The Balaban J connectivity index is 2.31. The molecule has 0 fully saturated rings. The summed E-state index contributed by atoms with van der Waals surface area (Å²) in [6, 6.07) is 7.20. The Morgan fingerprint density at radius 2 is 1.94 bits per heavy atom. The highest BCUT2D eigenvalue weighted by molar-refractivity contribution is 9.10. The first-order chi connectivity index (χ1) is 8.61. The lowest BCUT2D eigenvalue weighted by atomic mass is 10.3. The highest BCUT2D eigenvalue weighted by atomic mass is 79.9. The van der Waals surface area contributed by atoms with Crippen LogP contribution in [0.1, 0.15) is 0 Å². The molecule has 4 nitrogen and oxygen atoms in total. The molecule has 0 aliphatic rings. The van der Waals surface area contributed by atoms with E-state index in [1.807, 2.05) is 12.1 Å². The zero-order valence-electron chi connectivity index (χ0n) is 9.05. The second-order valence-electron chi connectivity index (χ2n) is 3.42. The minimum absolute atomic E-state index is 0.449. The largest absolute Gasteiger partial charge is 0.354 e. The van der Waals surface area contributed by atoms with Gasteiger partial charge in [0.2, 0.25) is 0 Å². The first kappa shape index (κ1) is 13.4. The van der Waals surface area contributed by atoms with Crippen molar-refractivity contribution in [3.8, 4) is 0 Å². The van der Waals surface area contributed by atoms with Crippen LogP contribution in [-0.4, -0.2) is 4.98 Å². The lowest BCUT2D eigenvalue weighted by Gasteiger charge is -2.11. The van der Waals surface area contributed by atoms with Crippen molar-refractivity contribution in [2.24, 2.45) is 5.84 Å². The van der Waals surface area contributed by atoms with E-state index in [0.717, 1.165) is 10.2 Å². The molecule has 0 aliphatic carbocycles. The maximum Gasteiger partial charge on any atom is 0.141 e. The number of hydrogen-bond acceptors (Lipinski definition) is 4. The van der Waals surface area contributed by atoms with Crippen molar-refractivity contribution >= 4 is 56.3 Å². The molecule has 0 unspecified atom stereocenters. The molecule has 0 aliphatic heterocycles. The van der Waals surface area contributed by atoms with Crippen LogP contribution < -0.4 is 16.6 Å². The molecule has 0 bridgehead atoms. The Kier molecular flexibility index (Phi) is 4.29. The molecule has 18 heavy (non-hydrogen) atoms. The molecule has 1 aromatic carbocycles. The topological polar surface area (TPSA) is 63.0 Å². The first-order valence-electron chi connectivity index (χ1n) is 4.95. The summed E-state index contributed by atoms with van der Waals surface area (Å²) in [5.74, 6) is 5.85. The molecular formula is C11H9BrCl2N4. The Hall–Kier alpha value is -1.01. The zero-order chi connectivity index (χ0) is 13.1. The predicted molar refractivity (Wildman–Crippen MR) is 79.5 cm³/mol. The monoisotopic (exact) mass is 346 g/mol. The van der Waals surface area contributed by atoms with E-state index in [0.29, 0.717) is 21.6 Å². The van der Waals surface area contributed by atoms with Gasteiger partial charge in [0.05, 0.1) is 15.7 Å². The molecule has 94 valence electrons. The fourth-order valence-corrected chi connectivity index (χ4v) is 2.19. The second kappa shape index (κ2) is 5.75. The maximum atomic E-state index is 6.14. The average Bonchev–Trinajstić information content (AvgIpc) is 2.40. The van der Waals surface area contributed by atoms with E-state index in [2.05, 4.69) is 31.7 Å². The van der Waals surface area contributed by atoms with Crippen molar-refractivity contribution in [1.29, 1.82) is 0 Å². The van der Waals surface area contributed by atoms with E-state index in [1.54, 1.807) is 18.3 Å². The van der Waals surface area contributed by atoms with Gasteiger partial charge in [0.25, 0.3) is 0 Å². The lowest BCUT2D eigenvalue weighted by molar-refractivity contribution is 1.23. The maximum absolute atomic E-state index is 6.14. The van der Waals surface area contributed by atoms with Crippen molar-refractivity contribution in [3.05, 3.63) is 45.0 Å². The van der Waals surface area contributed by atoms with Crippen LogP contribution in [0.3, 0.4) is 0 Å². The van der Waals surface area contributed by atoms with Gasteiger partial charge in [-0.05, 0) is 34.1 Å². The number of nitrogens with one attached hydrogen (secondary N) is 2. The van der Waals surface area contributed by atoms with E-state index >= 15 is 0 Å². The van der Waals surface area contributed by atoms with E-state index < -0.39 is 0 Å². The van der Waals surface area contributed by atoms with E-state index in [-0.39, 0.29) is 0 Å². The minimum atomic E-state index is 0.449. The predicted octanol–water partition coefficient (Wildman–Crippen LogP) is 4.18. The zero-order valence-corrected chi connectivity index (χ0v) is 12.1. The normalized spacial score (nSPS) is 10.2. The number of hydrazine groups is 1. The molecule has 0 radical (unpaired) electrons. The number of nitrogen functional groups attached to an aromatic ring is 1. The van der Waals surface area contributed by atoms with E-state index in [1.165, 1.54) is 0 Å². The molecule has 0 atom stereocenters. The second-order valence-corrected chi connectivity index (χ2v) is 5.03. The van der Waals surface area contributed by atoms with Crippen LogP contribution in [0.25, 0.3) is 0 Å². The van der Waals surface area contributed by atoms with Gasteiger partial charge >= 0.3 is 0 Å². The average molecular weight is 348 g/mol. The molecule has 1 heterocycles. The van der Waals surface area contributed by atoms with Crippen molar-refractivity contribution in [2.45, 2.75) is 0 Å². The van der Waals surface area contributed by atoms with Gasteiger partial charge in [0.1, 0.15) is 5.82 Å². The number of hydrogen-bond donors (Lipinski definition) is 3. The first-order valence-corrected chi connectivity index (χ1v) is 6.50. The van der Waals surface area contributed by atoms with Crippen LogP contribution in [0.4, 0.5) is 17.2 Å². The highest BCUT2D eigenvalue weighted by Gasteiger charge is 2.08. The molecule has 0 amide bonds. The van der Waals surface area contributed by atoms with Crippen molar-refractivity contribution in [2.75, 3.05) is 10.7 Å². The summed E-state index contributed by atoms with van der Waals surface area (Å²) >= 11 is 15.5. The summed E-state index contributed by atoms with van der Waals surface area (Å²) in [6.07, 6.45) is 1.63. The summed E-state index contributed by atoms with van der Waals surface area (Å²) in [4.78, 5) is 4.01. The van der Waals surface area contributed by atoms with E-state index in [9.17, 15) is 0 Å². The van der Waals surface area contributed by atoms with E-state index in [4.69, 9.17) is 29.0 Å². The minimum Gasteiger partial charge on any atom is -0.354 e. The smallest absolute Gasteiger partial charge is 0.141 e. The number of benzene rings is 1. The highest BCUT2D eigenvalue weighted by Crippen LogP contribution is 2.37. The Bertz CT molecular complexity index is 577. The molecule has 7 heteroatoms. The molecule has 0 spiro atoms. The molecule has 2 rings (SSSR count). The van der Waals surface area contributed by atoms with Gasteiger partial charge in [0.15, 0.2) is 0 Å². The molecular weight excluding hydrogens is 339 g/mol. The number of rotatable bonds is 3. The number of anilines is 3. The van der Waals surface area contributed by atoms with Crippen LogP contribution in [0.2, 0.25) is 10.0 Å². The summed E-state index contributed by atoms with van der Waals surface area (Å²) in [7, 11) is 0. The van der Waals surface area contributed by atoms with Gasteiger partial charge in [-0.15, -0.1) is 0 Å². The lowest BCUT2D eigenvalue weighted by Crippen LogP contribution is -2.08. The summed E-state index contributed by atoms with van der Waals surface area (Å²) < 4.78 is 0.749. The third-order valence-electron chi connectivity index (χ3n) is 2.22. The van der Waals surface area contributed by atoms with Gasteiger partial charge < -0.3 is 10.7 Å². The van der Waals surface area contributed by atoms with Crippen LogP contribution in [-0.2, 0) is 0 Å². The number of nitrogens with zero attached hydrogens (tertiary/aromatic N) is 1. The summed E-state index contributed by atoms with van der Waals surface area (Å²) in [5.41, 5.74) is 3.98. The van der Waals surface area contributed by atoms with Crippen LogP contribution in [0.5, 0.6) is 0 Å². The fraction of sp³-hybridized carbons (Fsp3) is 0. The van der Waals surface area contributed by atoms with Crippen LogP contribution in [0.15, 0.2) is 34.9 Å². The summed E-state index contributed by atoms with van der Waals surface area (Å²) in [6.45, 7) is 0. The number of halogens is 3. The van der Waals surface area contributed by atoms with Crippen LogP contribution >= 0.6 is 39.1 Å². The number of aromatic nitrogens is 1. The van der Waals surface area contributed by atoms with Gasteiger partial charge in [-0.2, -0.15) is 0 Å². The quantitative estimate of drug-likeness (QED) is 0.442. The van der Waals surface area contributed by atoms with Crippen molar-refractivity contribution < 1.29 is 0 Å². The molecule has 0 saturated heterocycles. The number of pyridine rings is 1. The fourth-order valence-electron chi connectivity index (χ4n) is 1.37. The Morgan fingerprint density at radius 3 is 2.67 bits per heavy atom. The Morgan fingerprint density at radius 1 is 1.17 bits per heavy atom. The SMILES string of the molecule is NNc1cc(Nc2ccc(Br)c(Cl)c2Cl)ccn1. The van der Waals surface area contributed by atoms with Gasteiger partial charge in [-0.3, -0.25) is 0 Å². The Labute approximate surface area is 123 Å². The molecule has 4 N–H and O–H groups in total. The molecule has 2 aromatic rings. The molecule has 0 saturated carbocycles. The third kappa shape index (κ3) is 2.87.